The Kier molecular flexibility index (Phi) is 5.65. The van der Waals surface area contributed by atoms with Gasteiger partial charge in [0.05, 0.1) is 12.7 Å². The van der Waals surface area contributed by atoms with Crippen molar-refractivity contribution in [1.82, 2.24) is 4.90 Å². The first-order valence-corrected chi connectivity index (χ1v) is 7.87. The molecule has 9 heteroatoms. The van der Waals surface area contributed by atoms with Crippen LogP contribution in [0, 0.1) is 0 Å². The van der Waals surface area contributed by atoms with Gasteiger partial charge in [0, 0.05) is 11.6 Å². The minimum atomic E-state index is -4.54. The van der Waals surface area contributed by atoms with Crippen LogP contribution in [0.4, 0.5) is 13.2 Å². The zero-order chi connectivity index (χ0) is 18.1. The maximum Gasteiger partial charge on any atom is 0.416 e. The van der Waals surface area contributed by atoms with Crippen molar-refractivity contribution in [3.8, 4) is 0 Å². The molecule has 0 saturated carbocycles. The summed E-state index contributed by atoms with van der Waals surface area (Å²) in [4.78, 5) is 25.5. The van der Waals surface area contributed by atoms with Crippen molar-refractivity contribution < 1.29 is 27.5 Å². The second-order valence-corrected chi connectivity index (χ2v) is 6.15. The lowest BCUT2D eigenvalue weighted by atomic mass is 10.1. The van der Waals surface area contributed by atoms with Crippen LogP contribution in [0.15, 0.2) is 18.2 Å². The monoisotopic (exact) mass is 383 g/mol. The highest BCUT2D eigenvalue weighted by Crippen LogP contribution is 2.36. The number of ether oxygens (including phenoxy) is 1. The second-order valence-electron chi connectivity index (χ2n) is 5.31. The molecular formula is C15H14Cl2F3NO3. The summed E-state index contributed by atoms with van der Waals surface area (Å²) in [6.07, 6.45) is -3.49. The molecule has 2 atom stereocenters. The van der Waals surface area contributed by atoms with Crippen molar-refractivity contribution in [2.45, 2.75) is 30.4 Å². The summed E-state index contributed by atoms with van der Waals surface area (Å²) < 4.78 is 42.6. The van der Waals surface area contributed by atoms with Gasteiger partial charge in [-0.3, -0.25) is 4.79 Å². The standard InChI is InChI=1S/C15H14Cl2F3NO3/c1-24-14(23)11-3-2-6-21(11)13(22)12(17)9-5-4-8(7-10(9)16)15(18,19)20/h4-5,7,11-12H,2-3,6H2,1H3. The fourth-order valence-electron chi connectivity index (χ4n) is 2.60. The molecule has 2 unspecified atom stereocenters. The minimum Gasteiger partial charge on any atom is -0.467 e. The van der Waals surface area contributed by atoms with Crippen molar-refractivity contribution in [2.75, 3.05) is 13.7 Å². The number of nitrogens with zero attached hydrogens (tertiary/aromatic N) is 1. The van der Waals surface area contributed by atoms with E-state index in [1.165, 1.54) is 12.0 Å². The van der Waals surface area contributed by atoms with E-state index in [1.54, 1.807) is 0 Å². The number of likely N-dealkylation sites (tertiary alicyclic amines) is 1. The molecule has 0 aromatic heterocycles. The lowest BCUT2D eigenvalue weighted by Crippen LogP contribution is -2.42. The highest BCUT2D eigenvalue weighted by Gasteiger charge is 2.38. The van der Waals surface area contributed by atoms with E-state index >= 15 is 0 Å². The number of benzene rings is 1. The van der Waals surface area contributed by atoms with Crippen LogP contribution in [0.3, 0.4) is 0 Å². The maximum atomic E-state index is 12.7. The Morgan fingerprint density at radius 1 is 1.38 bits per heavy atom. The molecule has 1 saturated heterocycles. The third kappa shape index (κ3) is 3.78. The quantitative estimate of drug-likeness (QED) is 0.588. The second kappa shape index (κ2) is 7.19. The number of halogens is 5. The molecule has 0 radical (unpaired) electrons. The molecule has 1 amide bonds. The highest BCUT2D eigenvalue weighted by molar-refractivity contribution is 6.36. The molecule has 1 heterocycles. The Labute approximate surface area is 146 Å². The fourth-order valence-corrected chi connectivity index (χ4v) is 3.26. The summed E-state index contributed by atoms with van der Waals surface area (Å²) in [6.45, 7) is 0.320. The van der Waals surface area contributed by atoms with Crippen molar-refractivity contribution in [3.05, 3.63) is 34.3 Å². The molecule has 0 bridgehead atoms. The van der Waals surface area contributed by atoms with Gasteiger partial charge in [-0.1, -0.05) is 17.7 Å². The summed E-state index contributed by atoms with van der Waals surface area (Å²) in [7, 11) is 1.22. The van der Waals surface area contributed by atoms with Crippen LogP contribution in [-0.2, 0) is 20.5 Å². The number of rotatable bonds is 3. The summed E-state index contributed by atoms with van der Waals surface area (Å²) in [5.74, 6) is -1.14. The third-order valence-corrected chi connectivity index (χ3v) is 4.58. The van der Waals surface area contributed by atoms with Crippen LogP contribution in [-0.4, -0.2) is 36.5 Å². The highest BCUT2D eigenvalue weighted by atomic mass is 35.5. The number of hydrogen-bond acceptors (Lipinski definition) is 3. The van der Waals surface area contributed by atoms with E-state index in [0.717, 1.165) is 18.2 Å². The number of esters is 1. The molecule has 1 aliphatic heterocycles. The van der Waals surface area contributed by atoms with Crippen molar-refractivity contribution in [1.29, 1.82) is 0 Å². The normalized spacial score (nSPS) is 19.2. The Morgan fingerprint density at radius 3 is 2.58 bits per heavy atom. The fraction of sp³-hybridized carbons (Fsp3) is 0.467. The van der Waals surface area contributed by atoms with Gasteiger partial charge in [0.2, 0.25) is 5.91 Å². The number of methoxy groups -OCH3 is 1. The first-order valence-electron chi connectivity index (χ1n) is 7.06. The van der Waals surface area contributed by atoms with Crippen LogP contribution in [0.2, 0.25) is 5.02 Å². The van der Waals surface area contributed by atoms with Gasteiger partial charge in [0.1, 0.15) is 11.4 Å². The van der Waals surface area contributed by atoms with E-state index in [4.69, 9.17) is 23.2 Å². The van der Waals surface area contributed by atoms with Crippen LogP contribution in [0.1, 0.15) is 29.3 Å². The predicted molar refractivity (Wildman–Crippen MR) is 81.8 cm³/mol. The lowest BCUT2D eigenvalue weighted by molar-refractivity contribution is -0.150. The van der Waals surface area contributed by atoms with E-state index in [1.807, 2.05) is 0 Å². The first-order chi connectivity index (χ1) is 11.2. The van der Waals surface area contributed by atoms with Gasteiger partial charge in [-0.2, -0.15) is 13.2 Å². The Hall–Kier alpha value is -1.47. The van der Waals surface area contributed by atoms with Crippen molar-refractivity contribution in [3.63, 3.8) is 0 Å². The molecule has 132 valence electrons. The summed E-state index contributed by atoms with van der Waals surface area (Å²) >= 11 is 12.0. The summed E-state index contributed by atoms with van der Waals surface area (Å²) in [5.41, 5.74) is -0.868. The Balaban J connectivity index is 2.23. The van der Waals surface area contributed by atoms with Crippen LogP contribution in [0.5, 0.6) is 0 Å². The molecule has 1 aromatic rings. The zero-order valence-electron chi connectivity index (χ0n) is 12.6. The number of hydrogen-bond donors (Lipinski definition) is 0. The van der Waals surface area contributed by atoms with Gasteiger partial charge in [-0.15, -0.1) is 11.6 Å². The molecule has 0 aliphatic carbocycles. The molecule has 1 aliphatic rings. The van der Waals surface area contributed by atoms with Gasteiger partial charge in [0.25, 0.3) is 0 Å². The average molecular weight is 384 g/mol. The van der Waals surface area contributed by atoms with Gasteiger partial charge in [-0.05, 0) is 30.5 Å². The topological polar surface area (TPSA) is 46.6 Å². The van der Waals surface area contributed by atoms with Crippen molar-refractivity contribution in [2.24, 2.45) is 0 Å². The van der Waals surface area contributed by atoms with Gasteiger partial charge in [0.15, 0.2) is 0 Å². The first kappa shape index (κ1) is 18.9. The molecule has 1 fully saturated rings. The van der Waals surface area contributed by atoms with E-state index in [0.29, 0.717) is 19.4 Å². The number of carbonyl (C=O) groups excluding carboxylic acids is 2. The van der Waals surface area contributed by atoms with Gasteiger partial charge >= 0.3 is 12.1 Å². The molecule has 0 N–H and O–H groups in total. The Bertz CT molecular complexity index is 651. The minimum absolute atomic E-state index is 0.0619. The SMILES string of the molecule is COC(=O)C1CCCN1C(=O)C(Cl)c1ccc(C(F)(F)F)cc1Cl. The van der Waals surface area contributed by atoms with E-state index in [9.17, 15) is 22.8 Å². The summed E-state index contributed by atoms with van der Waals surface area (Å²) in [6, 6.07) is 1.87. The van der Waals surface area contributed by atoms with Crippen LogP contribution in [0.25, 0.3) is 0 Å². The largest absolute Gasteiger partial charge is 0.467 e. The molecular weight excluding hydrogens is 370 g/mol. The van der Waals surface area contributed by atoms with E-state index in [-0.39, 0.29) is 10.6 Å². The molecule has 24 heavy (non-hydrogen) atoms. The molecule has 0 spiro atoms. The molecule has 4 nitrogen and oxygen atoms in total. The lowest BCUT2D eigenvalue weighted by Gasteiger charge is -2.25. The van der Waals surface area contributed by atoms with Gasteiger partial charge < -0.3 is 9.64 Å². The molecule has 1 aromatic carbocycles. The predicted octanol–water partition coefficient (Wildman–Crippen LogP) is 3.80. The maximum absolute atomic E-state index is 12.7. The molecule has 2 rings (SSSR count). The number of alkyl halides is 4. The zero-order valence-corrected chi connectivity index (χ0v) is 14.1. The van der Waals surface area contributed by atoms with Crippen molar-refractivity contribution >= 4 is 35.1 Å². The smallest absolute Gasteiger partial charge is 0.416 e. The van der Waals surface area contributed by atoms with Gasteiger partial charge in [-0.25, -0.2) is 4.79 Å². The Morgan fingerprint density at radius 2 is 2.04 bits per heavy atom. The number of carbonyl (C=O) groups is 2. The van der Waals surface area contributed by atoms with E-state index < -0.39 is 35.0 Å². The summed E-state index contributed by atoms with van der Waals surface area (Å²) in [5, 5.41) is -1.54. The third-order valence-electron chi connectivity index (χ3n) is 3.83. The number of amides is 1. The average Bonchev–Trinajstić information content (AvgIpc) is 3.01. The van der Waals surface area contributed by atoms with E-state index in [2.05, 4.69) is 4.74 Å². The van der Waals surface area contributed by atoms with Crippen LogP contribution >= 0.6 is 23.2 Å². The van der Waals surface area contributed by atoms with Crippen LogP contribution < -0.4 is 0 Å².